The first-order valence-corrected chi connectivity index (χ1v) is 9.70. The molecule has 114 valence electrons. The quantitative estimate of drug-likeness (QED) is 0.570. The van der Waals surface area contributed by atoms with E-state index in [1.165, 1.54) is 25.7 Å². The summed E-state index contributed by atoms with van der Waals surface area (Å²) < 4.78 is 28.6. The Morgan fingerprint density at radius 1 is 1.16 bits per heavy atom. The van der Waals surface area contributed by atoms with Crippen LogP contribution in [0.2, 0.25) is 0 Å². The molecule has 0 amide bonds. The molecule has 0 aliphatic heterocycles. The number of halogens is 1. The Morgan fingerprint density at radius 2 is 1.68 bits per heavy atom. The Hall–Kier alpha value is 0.200. The molecule has 19 heavy (non-hydrogen) atoms. The van der Waals surface area contributed by atoms with Crippen molar-refractivity contribution < 1.29 is 13.2 Å². The maximum atomic E-state index is 11.3. The fourth-order valence-electron chi connectivity index (χ4n) is 2.45. The normalized spacial score (nSPS) is 21.1. The molecule has 0 N–H and O–H groups in total. The van der Waals surface area contributed by atoms with Gasteiger partial charge < -0.3 is 4.74 Å². The molecule has 0 heterocycles. The lowest BCUT2D eigenvalue weighted by Crippen LogP contribution is -2.32. The van der Waals surface area contributed by atoms with Crippen molar-refractivity contribution in [1.29, 1.82) is 0 Å². The Bertz CT molecular complexity index is 351. The minimum Gasteiger partial charge on any atom is -0.378 e. The average molecular weight is 311 g/mol. The van der Waals surface area contributed by atoms with E-state index in [2.05, 4.69) is 0 Å². The monoisotopic (exact) mass is 310 g/mol. The SMILES string of the molecule is CC(C)(C)C(COC1CCCCCC1)CS(=O)(=O)Cl. The van der Waals surface area contributed by atoms with Crippen LogP contribution in [0.5, 0.6) is 0 Å². The molecule has 0 aromatic rings. The lowest BCUT2D eigenvalue weighted by Gasteiger charge is -2.31. The highest BCUT2D eigenvalue weighted by molar-refractivity contribution is 8.13. The molecule has 1 fully saturated rings. The number of hydrogen-bond donors (Lipinski definition) is 0. The summed E-state index contributed by atoms with van der Waals surface area (Å²) in [6, 6.07) is 0. The van der Waals surface area contributed by atoms with Crippen molar-refractivity contribution >= 4 is 19.7 Å². The van der Waals surface area contributed by atoms with Crippen LogP contribution in [0.15, 0.2) is 0 Å². The van der Waals surface area contributed by atoms with Gasteiger partial charge >= 0.3 is 0 Å². The molecular weight excluding hydrogens is 284 g/mol. The highest BCUT2D eigenvalue weighted by atomic mass is 35.7. The van der Waals surface area contributed by atoms with Crippen molar-refractivity contribution in [3.63, 3.8) is 0 Å². The summed E-state index contributed by atoms with van der Waals surface area (Å²) in [5, 5.41) is 0. The molecule has 0 aromatic carbocycles. The van der Waals surface area contributed by atoms with Crippen molar-refractivity contribution in [3.8, 4) is 0 Å². The van der Waals surface area contributed by atoms with Gasteiger partial charge in [0.1, 0.15) is 0 Å². The fourth-order valence-corrected chi connectivity index (χ4v) is 3.98. The number of ether oxygens (including phenoxy) is 1. The first-order chi connectivity index (χ1) is 8.68. The van der Waals surface area contributed by atoms with E-state index in [9.17, 15) is 8.42 Å². The number of rotatable bonds is 5. The molecule has 1 aliphatic rings. The van der Waals surface area contributed by atoms with Crippen molar-refractivity contribution in [1.82, 2.24) is 0 Å². The van der Waals surface area contributed by atoms with E-state index in [1.807, 2.05) is 20.8 Å². The maximum absolute atomic E-state index is 11.3. The molecule has 1 saturated carbocycles. The summed E-state index contributed by atoms with van der Waals surface area (Å²) in [4.78, 5) is 0. The van der Waals surface area contributed by atoms with E-state index in [0.29, 0.717) is 12.7 Å². The molecule has 1 atom stereocenters. The van der Waals surface area contributed by atoms with Gasteiger partial charge in [-0.15, -0.1) is 0 Å². The Labute approximate surface area is 122 Å². The highest BCUT2D eigenvalue weighted by Gasteiger charge is 2.30. The van der Waals surface area contributed by atoms with Crippen LogP contribution in [0, 0.1) is 11.3 Å². The predicted molar refractivity (Wildman–Crippen MR) is 80.0 cm³/mol. The van der Waals surface area contributed by atoms with Crippen molar-refractivity contribution in [2.24, 2.45) is 11.3 Å². The minimum atomic E-state index is -3.47. The third-order valence-corrected chi connectivity index (χ3v) is 5.14. The molecule has 0 radical (unpaired) electrons. The van der Waals surface area contributed by atoms with Crippen LogP contribution < -0.4 is 0 Å². The second-order valence-electron chi connectivity index (χ2n) is 6.72. The van der Waals surface area contributed by atoms with Crippen LogP contribution in [0.25, 0.3) is 0 Å². The second kappa shape index (κ2) is 7.28. The molecule has 3 nitrogen and oxygen atoms in total. The first-order valence-electron chi connectivity index (χ1n) is 7.22. The smallest absolute Gasteiger partial charge is 0.232 e. The van der Waals surface area contributed by atoms with Gasteiger partial charge in [-0.2, -0.15) is 0 Å². The van der Waals surface area contributed by atoms with Gasteiger partial charge in [-0.05, 0) is 18.3 Å². The van der Waals surface area contributed by atoms with Crippen molar-refractivity contribution in [2.75, 3.05) is 12.4 Å². The molecule has 0 saturated heterocycles. The van der Waals surface area contributed by atoms with Gasteiger partial charge in [-0.25, -0.2) is 8.42 Å². The molecule has 0 bridgehead atoms. The molecule has 5 heteroatoms. The van der Waals surface area contributed by atoms with E-state index in [-0.39, 0.29) is 17.1 Å². The standard InChI is InChI=1S/C14H27ClO3S/c1-14(2,3)12(11-19(15,16)17)10-18-13-8-6-4-5-7-9-13/h12-13H,4-11H2,1-3H3. The average Bonchev–Trinajstić information content (AvgIpc) is 2.49. The van der Waals surface area contributed by atoms with Crippen LogP contribution in [0.3, 0.4) is 0 Å². The van der Waals surface area contributed by atoms with E-state index < -0.39 is 9.05 Å². The van der Waals surface area contributed by atoms with Gasteiger partial charge in [-0.1, -0.05) is 46.5 Å². The second-order valence-corrected chi connectivity index (χ2v) is 9.54. The van der Waals surface area contributed by atoms with Crippen LogP contribution in [-0.2, 0) is 13.8 Å². The summed E-state index contributed by atoms with van der Waals surface area (Å²) in [5.74, 6) is -0.0663. The summed E-state index contributed by atoms with van der Waals surface area (Å²) in [6.07, 6.45) is 7.52. The summed E-state index contributed by atoms with van der Waals surface area (Å²) >= 11 is 0. The third kappa shape index (κ3) is 7.52. The zero-order valence-corrected chi connectivity index (χ0v) is 13.9. The van der Waals surface area contributed by atoms with Crippen LogP contribution in [-0.4, -0.2) is 26.9 Å². The Morgan fingerprint density at radius 3 is 2.11 bits per heavy atom. The first kappa shape index (κ1) is 17.3. The minimum absolute atomic E-state index is 0.00915. The lowest BCUT2D eigenvalue weighted by atomic mass is 9.82. The summed E-state index contributed by atoms with van der Waals surface area (Å²) in [7, 11) is 1.92. The van der Waals surface area contributed by atoms with Gasteiger partial charge in [-0.3, -0.25) is 0 Å². The van der Waals surface area contributed by atoms with Crippen LogP contribution >= 0.6 is 10.7 Å². The summed E-state index contributed by atoms with van der Waals surface area (Å²) in [5.41, 5.74) is -0.118. The Balaban J connectivity index is 2.52. The maximum Gasteiger partial charge on any atom is 0.232 e. The number of hydrogen-bond acceptors (Lipinski definition) is 3. The predicted octanol–water partition coefficient (Wildman–Crippen LogP) is 3.96. The van der Waals surface area contributed by atoms with Crippen LogP contribution in [0.4, 0.5) is 0 Å². The van der Waals surface area contributed by atoms with Gasteiger partial charge in [0.15, 0.2) is 0 Å². The molecule has 0 spiro atoms. The molecule has 0 aromatic heterocycles. The molecule has 1 unspecified atom stereocenters. The van der Waals surface area contributed by atoms with Gasteiger partial charge in [0.25, 0.3) is 0 Å². The van der Waals surface area contributed by atoms with Gasteiger partial charge in [0.2, 0.25) is 9.05 Å². The van der Waals surface area contributed by atoms with Crippen LogP contribution in [0.1, 0.15) is 59.3 Å². The molecule has 1 aliphatic carbocycles. The van der Waals surface area contributed by atoms with Gasteiger partial charge in [0, 0.05) is 16.6 Å². The van der Waals surface area contributed by atoms with E-state index in [0.717, 1.165) is 12.8 Å². The zero-order chi connectivity index (χ0) is 14.5. The van der Waals surface area contributed by atoms with E-state index in [1.54, 1.807) is 0 Å². The van der Waals surface area contributed by atoms with E-state index in [4.69, 9.17) is 15.4 Å². The van der Waals surface area contributed by atoms with Crippen molar-refractivity contribution in [2.45, 2.75) is 65.4 Å². The van der Waals surface area contributed by atoms with E-state index >= 15 is 0 Å². The van der Waals surface area contributed by atoms with Gasteiger partial charge in [0.05, 0.1) is 18.5 Å². The lowest BCUT2D eigenvalue weighted by molar-refractivity contribution is 0.00162. The fraction of sp³-hybridized carbons (Fsp3) is 1.00. The largest absolute Gasteiger partial charge is 0.378 e. The molecule has 1 rings (SSSR count). The third-order valence-electron chi connectivity index (χ3n) is 3.96. The summed E-state index contributed by atoms with van der Waals surface area (Å²) in [6.45, 7) is 6.60. The molecular formula is C14H27ClO3S. The highest BCUT2D eigenvalue weighted by Crippen LogP contribution is 2.30. The topological polar surface area (TPSA) is 43.4 Å². The zero-order valence-electron chi connectivity index (χ0n) is 12.3. The van der Waals surface area contributed by atoms with Crippen molar-refractivity contribution in [3.05, 3.63) is 0 Å². The Kier molecular flexibility index (Phi) is 6.61.